The fourth-order valence-corrected chi connectivity index (χ4v) is 6.68. The Hall–Kier alpha value is -3.38. The SMILES string of the molecule is COC(=O)[C@H]1CC[C@]12CCc1ccc(OCc3ccc(-c4cc(OC)ccc4F)c([C@H](OC)C(C)(C)C)c3)cc12. The summed E-state index contributed by atoms with van der Waals surface area (Å²) >= 11 is 0. The highest BCUT2D eigenvalue weighted by Crippen LogP contribution is 2.57. The molecule has 6 heteroatoms. The molecule has 3 aromatic rings. The number of hydrogen-bond acceptors (Lipinski definition) is 5. The van der Waals surface area contributed by atoms with Crippen molar-refractivity contribution in [2.45, 2.75) is 64.6 Å². The first kappa shape index (κ1) is 28.2. The van der Waals surface area contributed by atoms with E-state index in [0.717, 1.165) is 48.1 Å². The van der Waals surface area contributed by atoms with E-state index in [9.17, 15) is 4.79 Å². The maximum absolute atomic E-state index is 15.1. The van der Waals surface area contributed by atoms with Crippen LogP contribution in [0.25, 0.3) is 11.1 Å². The number of esters is 1. The molecule has 3 aromatic carbocycles. The van der Waals surface area contributed by atoms with Gasteiger partial charge in [0.15, 0.2) is 0 Å². The van der Waals surface area contributed by atoms with E-state index in [1.54, 1.807) is 26.4 Å². The van der Waals surface area contributed by atoms with Gasteiger partial charge < -0.3 is 18.9 Å². The van der Waals surface area contributed by atoms with Gasteiger partial charge in [0, 0.05) is 18.1 Å². The Balaban J connectivity index is 1.45. The summed E-state index contributed by atoms with van der Waals surface area (Å²) in [6.45, 7) is 6.68. The minimum absolute atomic E-state index is 0.0792. The molecule has 0 saturated heterocycles. The maximum Gasteiger partial charge on any atom is 0.309 e. The first-order valence-electron chi connectivity index (χ1n) is 13.9. The lowest BCUT2D eigenvalue weighted by atomic mass is 9.57. The Morgan fingerprint density at radius 2 is 1.75 bits per heavy atom. The molecule has 0 heterocycles. The van der Waals surface area contributed by atoms with E-state index >= 15 is 4.39 Å². The van der Waals surface area contributed by atoms with Gasteiger partial charge in [-0.2, -0.15) is 0 Å². The summed E-state index contributed by atoms with van der Waals surface area (Å²) in [6.07, 6.45) is 3.54. The molecule has 0 radical (unpaired) electrons. The summed E-state index contributed by atoms with van der Waals surface area (Å²) in [5.74, 6) is 0.860. The van der Waals surface area contributed by atoms with Crippen LogP contribution in [0, 0.1) is 17.2 Å². The minimum atomic E-state index is -0.317. The number of halogens is 1. The summed E-state index contributed by atoms with van der Waals surface area (Å²) in [6, 6.07) is 17.0. The van der Waals surface area contributed by atoms with Crippen LogP contribution in [0.5, 0.6) is 11.5 Å². The van der Waals surface area contributed by atoms with Gasteiger partial charge >= 0.3 is 5.97 Å². The molecule has 0 aliphatic heterocycles. The number of fused-ring (bicyclic) bond motifs is 2. The summed E-state index contributed by atoms with van der Waals surface area (Å²) in [7, 11) is 4.74. The number of carbonyl (C=O) groups is 1. The van der Waals surface area contributed by atoms with Crippen LogP contribution < -0.4 is 9.47 Å². The van der Waals surface area contributed by atoms with Gasteiger partial charge in [0.1, 0.15) is 23.9 Å². The molecule has 0 unspecified atom stereocenters. The highest BCUT2D eigenvalue weighted by atomic mass is 19.1. The van der Waals surface area contributed by atoms with Gasteiger partial charge in [-0.05, 0) is 95.3 Å². The molecule has 0 bridgehead atoms. The van der Waals surface area contributed by atoms with Crippen LogP contribution in [0.1, 0.15) is 68.4 Å². The lowest BCUT2D eigenvalue weighted by molar-refractivity contribution is -0.153. The molecule has 2 aliphatic carbocycles. The predicted molar refractivity (Wildman–Crippen MR) is 153 cm³/mol. The van der Waals surface area contributed by atoms with Crippen LogP contribution in [0.2, 0.25) is 0 Å². The smallest absolute Gasteiger partial charge is 0.309 e. The quantitative estimate of drug-likeness (QED) is 0.273. The third-order valence-corrected chi connectivity index (χ3v) is 8.78. The number of hydrogen-bond donors (Lipinski definition) is 0. The Morgan fingerprint density at radius 3 is 2.40 bits per heavy atom. The van der Waals surface area contributed by atoms with Gasteiger partial charge in [-0.25, -0.2) is 4.39 Å². The van der Waals surface area contributed by atoms with Crippen LogP contribution in [-0.4, -0.2) is 27.3 Å². The van der Waals surface area contributed by atoms with Crippen molar-refractivity contribution in [3.8, 4) is 22.6 Å². The van der Waals surface area contributed by atoms with E-state index in [1.807, 2.05) is 18.2 Å². The molecular formula is C34H39FO5. The fraction of sp³-hybridized carbons (Fsp3) is 0.441. The third-order valence-electron chi connectivity index (χ3n) is 8.78. The standard InChI is InChI=1S/C34H39FO5/c1-33(2,3)31(38-5)27-17-21(7-11-25(27)26-18-23(37-4)10-12-30(26)35)20-40-24-9-8-22-13-15-34(29(22)19-24)16-14-28(34)32(36)39-6/h7-12,17-19,28,31H,13-16,20H2,1-6H3/t28-,31+,34-/m1/s1. The number of carbonyl (C=O) groups excluding carboxylic acids is 1. The molecule has 1 fully saturated rings. The lowest BCUT2D eigenvalue weighted by Gasteiger charge is -2.46. The van der Waals surface area contributed by atoms with Crippen molar-refractivity contribution >= 4 is 5.97 Å². The van der Waals surface area contributed by atoms with Crippen molar-refractivity contribution in [2.24, 2.45) is 11.3 Å². The highest BCUT2D eigenvalue weighted by Gasteiger charge is 2.55. The van der Waals surface area contributed by atoms with Gasteiger partial charge in [-0.1, -0.05) is 39.0 Å². The zero-order chi connectivity index (χ0) is 28.7. The molecule has 212 valence electrons. The van der Waals surface area contributed by atoms with Gasteiger partial charge in [-0.3, -0.25) is 4.79 Å². The molecule has 5 nitrogen and oxygen atoms in total. The second-order valence-corrected chi connectivity index (χ2v) is 12.1. The molecule has 1 saturated carbocycles. The van der Waals surface area contributed by atoms with Crippen molar-refractivity contribution in [3.63, 3.8) is 0 Å². The first-order chi connectivity index (χ1) is 19.1. The van der Waals surface area contributed by atoms with Crippen LogP contribution >= 0.6 is 0 Å². The minimum Gasteiger partial charge on any atom is -0.497 e. The molecule has 0 amide bonds. The summed E-state index contributed by atoms with van der Waals surface area (Å²) in [4.78, 5) is 12.4. The Morgan fingerprint density at radius 1 is 0.975 bits per heavy atom. The van der Waals surface area contributed by atoms with Crippen molar-refractivity contribution in [1.29, 1.82) is 0 Å². The van der Waals surface area contributed by atoms with Gasteiger partial charge in [0.05, 0.1) is 26.2 Å². The van der Waals surface area contributed by atoms with Gasteiger partial charge in [0.2, 0.25) is 0 Å². The van der Waals surface area contributed by atoms with Crippen LogP contribution in [0.15, 0.2) is 54.6 Å². The Bertz CT molecular complexity index is 1410. The van der Waals surface area contributed by atoms with Crippen LogP contribution in [0.3, 0.4) is 0 Å². The van der Waals surface area contributed by atoms with E-state index in [0.29, 0.717) is 17.9 Å². The van der Waals surface area contributed by atoms with Crippen molar-refractivity contribution in [3.05, 3.63) is 82.7 Å². The average Bonchev–Trinajstić information content (AvgIpc) is 3.32. The molecule has 0 N–H and O–H groups in total. The van der Waals surface area contributed by atoms with Gasteiger partial charge in [-0.15, -0.1) is 0 Å². The predicted octanol–water partition coefficient (Wildman–Crippen LogP) is 7.58. The number of methoxy groups -OCH3 is 3. The zero-order valence-corrected chi connectivity index (χ0v) is 24.3. The monoisotopic (exact) mass is 546 g/mol. The zero-order valence-electron chi connectivity index (χ0n) is 24.3. The van der Waals surface area contributed by atoms with E-state index in [2.05, 4.69) is 39.0 Å². The summed E-state index contributed by atoms with van der Waals surface area (Å²) in [5, 5.41) is 0. The van der Waals surface area contributed by atoms with Crippen molar-refractivity contribution in [2.75, 3.05) is 21.3 Å². The van der Waals surface area contributed by atoms with Crippen molar-refractivity contribution < 1.29 is 28.1 Å². The second-order valence-electron chi connectivity index (χ2n) is 12.1. The molecule has 3 atom stereocenters. The summed E-state index contributed by atoms with van der Waals surface area (Å²) in [5.41, 5.74) is 5.25. The average molecular weight is 547 g/mol. The maximum atomic E-state index is 15.1. The second kappa shape index (κ2) is 10.9. The number of ether oxygens (including phenoxy) is 4. The molecule has 1 spiro atoms. The Labute approximate surface area is 236 Å². The fourth-order valence-electron chi connectivity index (χ4n) is 6.68. The number of benzene rings is 3. The highest BCUT2D eigenvalue weighted by molar-refractivity contribution is 5.77. The van der Waals surface area contributed by atoms with E-state index in [1.165, 1.54) is 24.3 Å². The van der Waals surface area contributed by atoms with Crippen LogP contribution in [0.4, 0.5) is 4.39 Å². The first-order valence-corrected chi connectivity index (χ1v) is 13.9. The van der Waals surface area contributed by atoms with E-state index in [4.69, 9.17) is 18.9 Å². The van der Waals surface area contributed by atoms with Crippen LogP contribution in [-0.2, 0) is 32.7 Å². The Kier molecular flexibility index (Phi) is 7.66. The molecule has 40 heavy (non-hydrogen) atoms. The topological polar surface area (TPSA) is 54.0 Å². The molecule has 0 aromatic heterocycles. The van der Waals surface area contributed by atoms with Gasteiger partial charge in [0.25, 0.3) is 0 Å². The third kappa shape index (κ3) is 4.98. The van der Waals surface area contributed by atoms with E-state index in [-0.39, 0.29) is 34.6 Å². The number of aryl methyl sites for hydroxylation is 1. The van der Waals surface area contributed by atoms with Crippen molar-refractivity contribution in [1.82, 2.24) is 0 Å². The number of rotatable bonds is 8. The normalized spacial score (nSPS) is 20.5. The molecule has 2 aliphatic rings. The lowest BCUT2D eigenvalue weighted by Crippen LogP contribution is -2.47. The van der Waals surface area contributed by atoms with E-state index < -0.39 is 0 Å². The molecule has 5 rings (SSSR count). The largest absolute Gasteiger partial charge is 0.497 e. The summed E-state index contributed by atoms with van der Waals surface area (Å²) < 4.78 is 37.8. The molecular weight excluding hydrogens is 507 g/mol.